The summed E-state index contributed by atoms with van der Waals surface area (Å²) < 4.78 is 33.6. The first-order valence-electron chi connectivity index (χ1n) is 15.1. The third-order valence-electron chi connectivity index (χ3n) is 8.37. The molecule has 0 atom stereocenters. The fourth-order valence-electron chi connectivity index (χ4n) is 6.35. The molecule has 5 aromatic carbocycles. The highest BCUT2D eigenvalue weighted by Crippen LogP contribution is 2.54. The summed E-state index contributed by atoms with van der Waals surface area (Å²) >= 11 is 0. The molecule has 0 unspecified atom stereocenters. The molecule has 0 amide bonds. The fraction of sp³-hybridized carbons (Fsp3) is 0.167. The molecule has 0 spiro atoms. The molecule has 186 valence electrons. The van der Waals surface area contributed by atoms with Crippen molar-refractivity contribution in [3.63, 3.8) is 0 Å². The molecular formula is C36H32N2. The minimum Gasteiger partial charge on any atom is -0.310 e. The van der Waals surface area contributed by atoms with Gasteiger partial charge in [-0.1, -0.05) is 106 Å². The van der Waals surface area contributed by atoms with Crippen molar-refractivity contribution in [2.24, 2.45) is 0 Å². The first-order valence-corrected chi connectivity index (χ1v) is 13.1. The molecule has 0 radical (unpaired) electrons. The zero-order valence-corrected chi connectivity index (χ0v) is 22.1. The van der Waals surface area contributed by atoms with Crippen LogP contribution in [0.2, 0.25) is 0 Å². The van der Waals surface area contributed by atoms with Crippen molar-refractivity contribution in [1.82, 2.24) is 0 Å². The minimum absolute atomic E-state index is 0.370. The predicted molar refractivity (Wildman–Crippen MR) is 160 cm³/mol. The van der Waals surface area contributed by atoms with Gasteiger partial charge in [-0.15, -0.1) is 0 Å². The van der Waals surface area contributed by atoms with Gasteiger partial charge < -0.3 is 9.80 Å². The topological polar surface area (TPSA) is 6.48 Å². The Hall–Kier alpha value is -4.30. The Morgan fingerprint density at radius 3 is 1.08 bits per heavy atom. The van der Waals surface area contributed by atoms with Crippen LogP contribution in [0.25, 0.3) is 0 Å². The normalized spacial score (nSPS) is 17.7. The maximum atomic E-state index is 8.39. The van der Waals surface area contributed by atoms with E-state index in [1.54, 1.807) is 0 Å². The Labute approximate surface area is 231 Å². The van der Waals surface area contributed by atoms with Crippen molar-refractivity contribution < 1.29 is 5.48 Å². The second-order valence-electron chi connectivity index (χ2n) is 11.2. The molecule has 2 aliphatic rings. The minimum atomic E-state index is -0.370. The molecule has 38 heavy (non-hydrogen) atoms. The molecular weight excluding hydrogens is 460 g/mol. The molecule has 0 fully saturated rings. The van der Waals surface area contributed by atoms with Gasteiger partial charge in [0.25, 0.3) is 0 Å². The number of hydrogen-bond donors (Lipinski definition) is 0. The van der Waals surface area contributed by atoms with Crippen LogP contribution in [0, 0.1) is 0 Å². The van der Waals surface area contributed by atoms with E-state index >= 15 is 0 Å². The molecule has 2 aliphatic heterocycles. The van der Waals surface area contributed by atoms with Gasteiger partial charge >= 0.3 is 0 Å². The smallest absolute Gasteiger partial charge is 0.0623 e. The van der Waals surface area contributed by atoms with Crippen LogP contribution in [0.1, 0.15) is 55.4 Å². The largest absolute Gasteiger partial charge is 0.310 e. The number of fused-ring (bicyclic) bond motifs is 4. The van der Waals surface area contributed by atoms with E-state index in [-0.39, 0.29) is 10.8 Å². The molecule has 0 aromatic heterocycles. The van der Waals surface area contributed by atoms with Gasteiger partial charge in [0.1, 0.15) is 0 Å². The molecule has 5 aromatic rings. The first-order chi connectivity index (χ1) is 20.0. The summed E-state index contributed by atoms with van der Waals surface area (Å²) in [7, 11) is 0. The van der Waals surface area contributed by atoms with E-state index in [0.717, 1.165) is 56.4 Å². The molecule has 0 aliphatic carbocycles. The lowest BCUT2D eigenvalue weighted by molar-refractivity contribution is 0.631. The third kappa shape index (κ3) is 3.13. The molecule has 2 nitrogen and oxygen atoms in total. The van der Waals surface area contributed by atoms with Crippen LogP contribution in [0.4, 0.5) is 34.1 Å². The Kier molecular flexibility index (Phi) is 4.02. The van der Waals surface area contributed by atoms with Crippen LogP contribution in [0.15, 0.2) is 121 Å². The molecule has 0 N–H and O–H groups in total. The lowest BCUT2D eigenvalue weighted by Crippen LogP contribution is -2.31. The van der Waals surface area contributed by atoms with Gasteiger partial charge in [-0.05, 0) is 64.7 Å². The number of nitrogens with zero attached hydrogens (tertiary/aromatic N) is 2. The highest BCUT2D eigenvalue weighted by Gasteiger charge is 2.38. The van der Waals surface area contributed by atoms with Gasteiger partial charge in [0.05, 0.1) is 28.2 Å². The maximum absolute atomic E-state index is 8.39. The molecule has 0 saturated heterocycles. The lowest BCUT2D eigenvalue weighted by atomic mass is 9.73. The maximum Gasteiger partial charge on any atom is 0.0623 e. The van der Waals surface area contributed by atoms with Gasteiger partial charge in [-0.3, -0.25) is 0 Å². The molecule has 2 heteroatoms. The van der Waals surface area contributed by atoms with Crippen molar-refractivity contribution in [3.8, 4) is 0 Å². The highest BCUT2D eigenvalue weighted by molar-refractivity contribution is 5.90. The zero-order valence-electron chi connectivity index (χ0n) is 26.1. The van der Waals surface area contributed by atoms with E-state index in [9.17, 15) is 0 Å². The first kappa shape index (κ1) is 18.9. The van der Waals surface area contributed by atoms with Crippen LogP contribution in [0.3, 0.4) is 0 Å². The summed E-state index contributed by atoms with van der Waals surface area (Å²) in [4.78, 5) is 4.49. The van der Waals surface area contributed by atoms with E-state index in [4.69, 9.17) is 5.48 Å². The third-order valence-corrected chi connectivity index (χ3v) is 8.37. The number of para-hydroxylation sites is 4. The van der Waals surface area contributed by atoms with Gasteiger partial charge in [-0.25, -0.2) is 0 Å². The summed E-state index contributed by atoms with van der Waals surface area (Å²) in [5.41, 5.74) is 9.53. The average molecular weight is 497 g/mol. The van der Waals surface area contributed by atoms with Crippen molar-refractivity contribution in [1.29, 1.82) is 0 Å². The molecule has 0 saturated carbocycles. The standard InChI is InChI=1S/C36H32N2/c1-35(2)27-16-5-9-20-31(27)37(32-21-10-6-17-28(32)35)25-14-13-15-26(24-25)38-33-22-11-7-18-29(33)36(3,4)30-19-8-12-23-34(30)38/h5-24H,1-4H3/i5D,6D,7D,8D. The molecule has 0 bridgehead atoms. The highest BCUT2D eigenvalue weighted by atomic mass is 15.2. The number of anilines is 6. The molecule has 7 rings (SSSR count). The van der Waals surface area contributed by atoms with E-state index in [2.05, 4.69) is 61.8 Å². The van der Waals surface area contributed by atoms with E-state index in [1.165, 1.54) is 0 Å². The van der Waals surface area contributed by atoms with Gasteiger partial charge in [0, 0.05) is 22.2 Å². The van der Waals surface area contributed by atoms with Crippen molar-refractivity contribution in [3.05, 3.63) is 143 Å². The van der Waals surface area contributed by atoms with Gasteiger partial charge in [0.2, 0.25) is 0 Å². The number of hydrogen-bond acceptors (Lipinski definition) is 2. The Morgan fingerprint density at radius 1 is 0.447 bits per heavy atom. The van der Waals surface area contributed by atoms with Crippen molar-refractivity contribution in [2.45, 2.75) is 38.5 Å². The predicted octanol–water partition coefficient (Wildman–Crippen LogP) is 9.90. The lowest BCUT2D eigenvalue weighted by Gasteiger charge is -2.43. The summed E-state index contributed by atoms with van der Waals surface area (Å²) in [6.45, 7) is 8.67. The Morgan fingerprint density at radius 2 is 0.763 bits per heavy atom. The van der Waals surface area contributed by atoms with E-state index in [0.29, 0.717) is 24.2 Å². The Bertz CT molecular complexity index is 1660. The summed E-state index contributed by atoms with van der Waals surface area (Å²) in [6.07, 6.45) is 0. The average Bonchev–Trinajstić information content (AvgIpc) is 2.95. The van der Waals surface area contributed by atoms with E-state index in [1.807, 2.05) is 72.8 Å². The van der Waals surface area contributed by atoms with Crippen LogP contribution in [-0.4, -0.2) is 0 Å². The van der Waals surface area contributed by atoms with Crippen molar-refractivity contribution in [2.75, 3.05) is 9.80 Å². The van der Waals surface area contributed by atoms with Crippen LogP contribution >= 0.6 is 0 Å². The quantitative estimate of drug-likeness (QED) is 0.240. The van der Waals surface area contributed by atoms with E-state index < -0.39 is 0 Å². The van der Waals surface area contributed by atoms with Crippen LogP contribution < -0.4 is 9.80 Å². The summed E-state index contributed by atoms with van der Waals surface area (Å²) in [5, 5.41) is 0. The van der Waals surface area contributed by atoms with Crippen molar-refractivity contribution >= 4 is 34.1 Å². The second-order valence-corrected chi connectivity index (χ2v) is 11.2. The number of rotatable bonds is 2. The second kappa shape index (κ2) is 8.10. The van der Waals surface area contributed by atoms with Gasteiger partial charge in [0.15, 0.2) is 0 Å². The fourth-order valence-corrected chi connectivity index (χ4v) is 6.35. The number of benzene rings is 5. The monoisotopic (exact) mass is 496 g/mol. The SMILES string of the molecule is [2H]c1ccc2c(c1)C(C)(C)c1cc([2H])ccc1N2c1cccc(N2c3ccc([2H])cc3C(C)(C)c3cc([2H])ccc32)c1. The van der Waals surface area contributed by atoms with Gasteiger partial charge in [-0.2, -0.15) is 0 Å². The summed E-state index contributed by atoms with van der Waals surface area (Å²) in [6, 6.07) is 33.6. The van der Waals surface area contributed by atoms with Crippen LogP contribution in [0.5, 0.6) is 0 Å². The van der Waals surface area contributed by atoms with Crippen LogP contribution in [-0.2, 0) is 10.8 Å². The summed E-state index contributed by atoms with van der Waals surface area (Å²) in [5.74, 6) is 0. The zero-order chi connectivity index (χ0) is 29.6. The Balaban J connectivity index is 1.46. The molecule has 2 heterocycles.